The zero-order chi connectivity index (χ0) is 20.7. The molecule has 1 N–H and O–H groups in total. The van der Waals surface area contributed by atoms with Crippen LogP contribution < -0.4 is 5.32 Å². The Balaban J connectivity index is 1.97. The molecule has 0 unspecified atom stereocenters. The molecule has 3 aromatic rings. The highest BCUT2D eigenvalue weighted by molar-refractivity contribution is 5.98. The number of hydrogen-bond acceptors (Lipinski definition) is 3. The predicted octanol–water partition coefficient (Wildman–Crippen LogP) is 3.70. The number of nitrogens with one attached hydrogen (secondary N) is 1. The van der Waals surface area contributed by atoms with Crippen molar-refractivity contribution in [1.29, 1.82) is 0 Å². The number of hydrogen-bond donors (Lipinski definition) is 1. The van der Waals surface area contributed by atoms with Crippen LogP contribution in [0.2, 0.25) is 0 Å². The number of amides is 1. The molecule has 28 heavy (non-hydrogen) atoms. The summed E-state index contributed by atoms with van der Waals surface area (Å²) in [7, 11) is 0. The van der Waals surface area contributed by atoms with Gasteiger partial charge in [-0.25, -0.2) is 9.97 Å². The Kier molecular flexibility index (Phi) is 4.63. The molecular weight excluding hydrogens is 369 g/mol. The molecule has 3 rings (SSSR count). The number of aromatic nitrogens is 3. The van der Waals surface area contributed by atoms with Crippen molar-refractivity contribution in [1.82, 2.24) is 19.7 Å². The maximum atomic E-state index is 13.1. The van der Waals surface area contributed by atoms with Gasteiger partial charge in [0.25, 0.3) is 5.91 Å². The van der Waals surface area contributed by atoms with Gasteiger partial charge in [0, 0.05) is 11.3 Å². The van der Waals surface area contributed by atoms with Crippen LogP contribution in [0.3, 0.4) is 0 Å². The van der Waals surface area contributed by atoms with Gasteiger partial charge in [-0.1, -0.05) is 18.1 Å². The number of alkyl halides is 3. The molecule has 0 aliphatic carbocycles. The number of nitrogens with zero attached hydrogens (tertiary/aromatic N) is 3. The minimum absolute atomic E-state index is 0.150. The summed E-state index contributed by atoms with van der Waals surface area (Å²) in [4.78, 5) is 20.3. The van der Waals surface area contributed by atoms with E-state index in [1.807, 2.05) is 0 Å². The molecule has 0 saturated carbocycles. The number of halogens is 3. The highest BCUT2D eigenvalue weighted by Gasteiger charge is 2.34. The molecule has 0 atom stereocenters. The SMILES string of the molecule is C#Cc1ccc(C(C)(C)NC(=O)c2ncn3c(C)cc(C(F)(F)F)nc23)cc1. The van der Waals surface area contributed by atoms with E-state index in [2.05, 4.69) is 21.2 Å². The number of benzene rings is 1. The third-order valence-corrected chi connectivity index (χ3v) is 4.40. The Morgan fingerprint density at radius 1 is 1.21 bits per heavy atom. The van der Waals surface area contributed by atoms with Crippen LogP contribution >= 0.6 is 0 Å². The summed E-state index contributed by atoms with van der Waals surface area (Å²) in [5.74, 6) is 1.89. The van der Waals surface area contributed by atoms with Crippen molar-refractivity contribution in [2.45, 2.75) is 32.5 Å². The number of imidazole rings is 1. The maximum absolute atomic E-state index is 13.1. The summed E-state index contributed by atoms with van der Waals surface area (Å²) in [6.07, 6.45) is 2.00. The zero-order valence-corrected chi connectivity index (χ0v) is 15.4. The van der Waals surface area contributed by atoms with E-state index in [9.17, 15) is 18.0 Å². The number of terminal acetylenes is 1. The highest BCUT2D eigenvalue weighted by atomic mass is 19.4. The first-order chi connectivity index (χ1) is 13.0. The monoisotopic (exact) mass is 386 g/mol. The second kappa shape index (κ2) is 6.68. The Labute approximate surface area is 159 Å². The molecule has 0 bridgehead atoms. The Bertz CT molecular complexity index is 1090. The van der Waals surface area contributed by atoms with Crippen molar-refractivity contribution < 1.29 is 18.0 Å². The number of fused-ring (bicyclic) bond motifs is 1. The van der Waals surface area contributed by atoms with Gasteiger partial charge in [-0.05, 0) is 44.5 Å². The second-order valence-electron chi connectivity index (χ2n) is 6.87. The summed E-state index contributed by atoms with van der Waals surface area (Å²) in [6.45, 7) is 5.03. The summed E-state index contributed by atoms with van der Waals surface area (Å²) in [5.41, 5.74) is -0.458. The zero-order valence-electron chi connectivity index (χ0n) is 15.4. The maximum Gasteiger partial charge on any atom is 0.433 e. The van der Waals surface area contributed by atoms with E-state index >= 15 is 0 Å². The van der Waals surface area contributed by atoms with E-state index in [0.29, 0.717) is 5.56 Å². The predicted molar refractivity (Wildman–Crippen MR) is 97.6 cm³/mol. The Morgan fingerprint density at radius 2 is 1.86 bits per heavy atom. The molecule has 0 saturated heterocycles. The first-order valence-electron chi connectivity index (χ1n) is 8.34. The van der Waals surface area contributed by atoms with Crippen LogP contribution in [0.15, 0.2) is 36.7 Å². The molecule has 8 heteroatoms. The molecule has 0 aliphatic rings. The molecule has 5 nitrogen and oxygen atoms in total. The van der Waals surface area contributed by atoms with E-state index < -0.39 is 23.3 Å². The van der Waals surface area contributed by atoms with E-state index in [-0.39, 0.29) is 17.0 Å². The van der Waals surface area contributed by atoms with Crippen molar-refractivity contribution in [2.24, 2.45) is 0 Å². The van der Waals surface area contributed by atoms with Gasteiger partial charge < -0.3 is 5.32 Å². The van der Waals surface area contributed by atoms with Crippen LogP contribution in [0.4, 0.5) is 13.2 Å². The first kappa shape index (κ1) is 19.4. The first-order valence-corrected chi connectivity index (χ1v) is 8.34. The molecular formula is C20H17F3N4O. The van der Waals surface area contributed by atoms with Crippen molar-refractivity contribution in [2.75, 3.05) is 0 Å². The van der Waals surface area contributed by atoms with E-state index in [4.69, 9.17) is 6.42 Å². The van der Waals surface area contributed by atoms with E-state index in [0.717, 1.165) is 11.6 Å². The average molecular weight is 386 g/mol. The number of rotatable bonds is 3. The van der Waals surface area contributed by atoms with Gasteiger partial charge >= 0.3 is 6.18 Å². The fourth-order valence-electron chi connectivity index (χ4n) is 2.82. The lowest BCUT2D eigenvalue weighted by atomic mass is 9.93. The Hall–Kier alpha value is -3.34. The second-order valence-corrected chi connectivity index (χ2v) is 6.87. The van der Waals surface area contributed by atoms with Gasteiger partial charge in [-0.15, -0.1) is 6.42 Å². The van der Waals surface area contributed by atoms with Crippen LogP contribution in [0.25, 0.3) is 5.65 Å². The number of carbonyl (C=O) groups is 1. The number of carbonyl (C=O) groups excluding carboxylic acids is 1. The van der Waals surface area contributed by atoms with Gasteiger partial charge in [0.2, 0.25) is 0 Å². The van der Waals surface area contributed by atoms with E-state index in [1.54, 1.807) is 38.1 Å². The minimum atomic E-state index is -4.62. The summed E-state index contributed by atoms with van der Waals surface area (Å²) in [5, 5.41) is 2.79. The van der Waals surface area contributed by atoms with Crippen LogP contribution in [0, 0.1) is 19.3 Å². The van der Waals surface area contributed by atoms with Crippen LogP contribution in [-0.4, -0.2) is 20.3 Å². The Morgan fingerprint density at radius 3 is 2.43 bits per heavy atom. The summed E-state index contributed by atoms with van der Waals surface area (Å²) < 4.78 is 40.6. The topological polar surface area (TPSA) is 59.3 Å². The van der Waals surface area contributed by atoms with Crippen molar-refractivity contribution >= 4 is 11.6 Å². The smallest absolute Gasteiger partial charge is 0.342 e. The van der Waals surface area contributed by atoms with Gasteiger partial charge in [-0.3, -0.25) is 9.20 Å². The lowest BCUT2D eigenvalue weighted by Crippen LogP contribution is -2.41. The molecule has 1 aromatic carbocycles. The van der Waals surface area contributed by atoms with Crippen LogP contribution in [-0.2, 0) is 11.7 Å². The fourth-order valence-corrected chi connectivity index (χ4v) is 2.82. The molecule has 0 aliphatic heterocycles. The quantitative estimate of drug-likeness (QED) is 0.699. The van der Waals surface area contributed by atoms with Crippen LogP contribution in [0.1, 0.15) is 46.9 Å². The van der Waals surface area contributed by atoms with Crippen LogP contribution in [0.5, 0.6) is 0 Å². The van der Waals surface area contributed by atoms with Gasteiger partial charge in [0.1, 0.15) is 12.0 Å². The lowest BCUT2D eigenvalue weighted by molar-refractivity contribution is -0.141. The normalized spacial score (nSPS) is 12.0. The minimum Gasteiger partial charge on any atom is -0.342 e. The van der Waals surface area contributed by atoms with Crippen molar-refractivity contribution in [3.63, 3.8) is 0 Å². The van der Waals surface area contributed by atoms with E-state index in [1.165, 1.54) is 17.7 Å². The van der Waals surface area contributed by atoms with Gasteiger partial charge in [-0.2, -0.15) is 13.2 Å². The molecule has 0 spiro atoms. The van der Waals surface area contributed by atoms with Crippen molar-refractivity contribution in [3.05, 3.63) is 64.9 Å². The van der Waals surface area contributed by atoms with Crippen molar-refractivity contribution in [3.8, 4) is 12.3 Å². The van der Waals surface area contributed by atoms with Gasteiger partial charge in [0.05, 0.1) is 5.54 Å². The molecule has 1 amide bonds. The highest BCUT2D eigenvalue weighted by Crippen LogP contribution is 2.29. The number of aryl methyl sites for hydroxylation is 1. The summed E-state index contributed by atoms with van der Waals surface area (Å²) in [6, 6.07) is 7.97. The third-order valence-electron chi connectivity index (χ3n) is 4.40. The molecule has 0 radical (unpaired) electrons. The molecule has 144 valence electrons. The lowest BCUT2D eigenvalue weighted by Gasteiger charge is -2.26. The largest absolute Gasteiger partial charge is 0.433 e. The molecule has 2 heterocycles. The molecule has 2 aromatic heterocycles. The molecule has 0 fully saturated rings. The average Bonchev–Trinajstić information content (AvgIpc) is 3.05. The third kappa shape index (κ3) is 3.56. The fraction of sp³-hybridized carbons (Fsp3) is 0.250. The van der Waals surface area contributed by atoms with Gasteiger partial charge in [0.15, 0.2) is 11.3 Å². The standard InChI is InChI=1S/C20H17F3N4O/c1-5-13-6-8-14(9-7-13)19(3,4)26-18(28)16-17-25-15(20(21,22)23)10-12(2)27(17)11-24-16/h1,6-11H,2-4H3,(H,26,28). The summed E-state index contributed by atoms with van der Waals surface area (Å²) >= 11 is 0.